The molecule has 0 amide bonds. The van der Waals surface area contributed by atoms with Crippen LogP contribution in [0.1, 0.15) is 5.69 Å². The van der Waals surface area contributed by atoms with Gasteiger partial charge in [0, 0.05) is 29.1 Å². The zero-order valence-electron chi connectivity index (χ0n) is 10.6. The second-order valence-electron chi connectivity index (χ2n) is 4.13. The number of hydrogen-bond donors (Lipinski definition) is 1. The van der Waals surface area contributed by atoms with Gasteiger partial charge in [-0.1, -0.05) is 11.8 Å². The van der Waals surface area contributed by atoms with Crippen molar-refractivity contribution in [2.24, 2.45) is 0 Å². The molecule has 1 aromatic carbocycles. The highest BCUT2D eigenvalue weighted by atomic mass is 32.2. The molecule has 0 aliphatic carbocycles. The van der Waals surface area contributed by atoms with Crippen molar-refractivity contribution in [3.63, 3.8) is 0 Å². The van der Waals surface area contributed by atoms with Crippen molar-refractivity contribution in [2.75, 3.05) is 7.05 Å². The lowest BCUT2D eigenvalue weighted by atomic mass is 10.3. The fourth-order valence-corrected chi connectivity index (χ4v) is 3.60. The predicted molar refractivity (Wildman–Crippen MR) is 76.3 cm³/mol. The first-order valence-corrected chi connectivity index (χ1v) is 7.60. The summed E-state index contributed by atoms with van der Waals surface area (Å²) >= 11 is 2.74. The van der Waals surface area contributed by atoms with Gasteiger partial charge in [0.1, 0.15) is 16.7 Å². The van der Waals surface area contributed by atoms with Crippen molar-refractivity contribution >= 4 is 28.1 Å². The van der Waals surface area contributed by atoms with Crippen molar-refractivity contribution in [1.29, 1.82) is 0 Å². The van der Waals surface area contributed by atoms with Gasteiger partial charge < -0.3 is 5.32 Å². The second kappa shape index (κ2) is 5.51. The first kappa shape index (κ1) is 13.5. The summed E-state index contributed by atoms with van der Waals surface area (Å²) < 4.78 is 28.6. The van der Waals surface area contributed by atoms with Gasteiger partial charge in [0.15, 0.2) is 4.96 Å². The zero-order chi connectivity index (χ0) is 14.1. The Morgan fingerprint density at radius 2 is 2.25 bits per heavy atom. The number of aromatic nitrogens is 2. The minimum atomic E-state index is -0.576. The third-order valence-electron chi connectivity index (χ3n) is 2.77. The van der Waals surface area contributed by atoms with E-state index >= 15 is 0 Å². The highest BCUT2D eigenvalue weighted by Gasteiger charge is 2.15. The molecule has 7 heteroatoms. The Labute approximate surface area is 122 Å². The standard InChI is InChI=1S/C13H11F2N3S2/c1-16-7-10-12(17-13-18(10)4-5-19-13)20-11-3-2-8(14)6-9(11)15/h2-6,16H,7H2,1H3. The molecule has 0 aliphatic rings. The van der Waals surface area contributed by atoms with E-state index in [-0.39, 0.29) is 0 Å². The molecule has 104 valence electrons. The van der Waals surface area contributed by atoms with Crippen LogP contribution < -0.4 is 5.32 Å². The molecular weight excluding hydrogens is 300 g/mol. The molecule has 0 fully saturated rings. The summed E-state index contributed by atoms with van der Waals surface area (Å²) in [6, 6.07) is 3.58. The molecule has 3 rings (SSSR count). The maximum absolute atomic E-state index is 13.7. The number of rotatable bonds is 4. The Balaban J connectivity index is 2.01. The van der Waals surface area contributed by atoms with E-state index in [1.165, 1.54) is 35.2 Å². The predicted octanol–water partition coefficient (Wildman–Crippen LogP) is 3.54. The molecule has 0 saturated carbocycles. The summed E-state index contributed by atoms with van der Waals surface area (Å²) in [6.07, 6.45) is 1.94. The Morgan fingerprint density at radius 1 is 1.40 bits per heavy atom. The van der Waals surface area contributed by atoms with E-state index < -0.39 is 11.6 Å². The van der Waals surface area contributed by atoms with Gasteiger partial charge in [0.2, 0.25) is 0 Å². The van der Waals surface area contributed by atoms with Crippen molar-refractivity contribution in [3.05, 3.63) is 47.1 Å². The second-order valence-corrected chi connectivity index (χ2v) is 6.03. The molecule has 0 radical (unpaired) electrons. The van der Waals surface area contributed by atoms with Gasteiger partial charge in [-0.15, -0.1) is 11.3 Å². The fourth-order valence-electron chi connectivity index (χ4n) is 1.88. The van der Waals surface area contributed by atoms with Gasteiger partial charge >= 0.3 is 0 Å². The normalized spacial score (nSPS) is 11.3. The Morgan fingerprint density at radius 3 is 3.00 bits per heavy atom. The first-order valence-electron chi connectivity index (χ1n) is 5.91. The maximum Gasteiger partial charge on any atom is 0.194 e. The molecule has 0 spiro atoms. The maximum atomic E-state index is 13.7. The van der Waals surface area contributed by atoms with Crippen LogP contribution in [0.15, 0.2) is 39.7 Å². The molecule has 2 aromatic heterocycles. The van der Waals surface area contributed by atoms with E-state index in [4.69, 9.17) is 0 Å². The highest BCUT2D eigenvalue weighted by molar-refractivity contribution is 7.99. The number of hydrogen-bond acceptors (Lipinski definition) is 4. The SMILES string of the molecule is CNCc1c(Sc2ccc(F)cc2F)nc2sccn12. The van der Waals surface area contributed by atoms with Crippen LogP contribution in [0.3, 0.4) is 0 Å². The van der Waals surface area contributed by atoms with Crippen LogP contribution in [-0.2, 0) is 6.54 Å². The van der Waals surface area contributed by atoms with Crippen LogP contribution in [0.5, 0.6) is 0 Å². The molecule has 0 bridgehead atoms. The number of fused-ring (bicyclic) bond motifs is 1. The van der Waals surface area contributed by atoms with Crippen molar-refractivity contribution in [3.8, 4) is 0 Å². The van der Waals surface area contributed by atoms with E-state index in [1.54, 1.807) is 0 Å². The van der Waals surface area contributed by atoms with Crippen LogP contribution >= 0.6 is 23.1 Å². The molecular formula is C13H11F2N3S2. The quantitative estimate of drug-likeness (QED) is 0.799. The van der Waals surface area contributed by atoms with Crippen molar-refractivity contribution in [1.82, 2.24) is 14.7 Å². The minimum absolute atomic E-state index is 0.370. The van der Waals surface area contributed by atoms with E-state index in [0.29, 0.717) is 11.4 Å². The van der Waals surface area contributed by atoms with Crippen molar-refractivity contribution < 1.29 is 8.78 Å². The number of imidazole rings is 1. The summed E-state index contributed by atoms with van der Waals surface area (Å²) in [5, 5.41) is 5.76. The lowest BCUT2D eigenvalue weighted by Crippen LogP contribution is -2.08. The largest absolute Gasteiger partial charge is 0.314 e. The molecule has 2 heterocycles. The molecule has 0 unspecified atom stereocenters. The average molecular weight is 311 g/mol. The zero-order valence-corrected chi connectivity index (χ0v) is 12.2. The molecule has 1 N–H and O–H groups in total. The van der Waals surface area contributed by atoms with E-state index in [0.717, 1.165) is 21.7 Å². The third-order valence-corrected chi connectivity index (χ3v) is 4.60. The van der Waals surface area contributed by atoms with Crippen LogP contribution in [-0.4, -0.2) is 16.4 Å². The van der Waals surface area contributed by atoms with Gasteiger partial charge in [-0.2, -0.15) is 0 Å². The average Bonchev–Trinajstić information content (AvgIpc) is 2.96. The molecule has 0 saturated heterocycles. The van der Waals surface area contributed by atoms with Crippen LogP contribution in [0.25, 0.3) is 4.96 Å². The van der Waals surface area contributed by atoms with Gasteiger partial charge in [-0.05, 0) is 19.2 Å². The molecule has 20 heavy (non-hydrogen) atoms. The topological polar surface area (TPSA) is 29.3 Å². The van der Waals surface area contributed by atoms with Crippen LogP contribution in [0.4, 0.5) is 8.78 Å². The van der Waals surface area contributed by atoms with E-state index in [2.05, 4.69) is 10.3 Å². The summed E-state index contributed by atoms with van der Waals surface area (Å²) in [4.78, 5) is 5.73. The number of thiazole rings is 1. The Kier molecular flexibility index (Phi) is 3.73. The van der Waals surface area contributed by atoms with Gasteiger partial charge in [-0.3, -0.25) is 4.40 Å². The van der Waals surface area contributed by atoms with Crippen LogP contribution in [0.2, 0.25) is 0 Å². The lowest BCUT2D eigenvalue weighted by molar-refractivity contribution is 0.565. The molecule has 0 aliphatic heterocycles. The number of nitrogens with one attached hydrogen (secondary N) is 1. The fraction of sp³-hybridized carbons (Fsp3) is 0.154. The Hall–Kier alpha value is -1.44. The van der Waals surface area contributed by atoms with E-state index in [9.17, 15) is 8.78 Å². The lowest BCUT2D eigenvalue weighted by Gasteiger charge is -2.04. The van der Waals surface area contributed by atoms with Gasteiger partial charge in [0.25, 0.3) is 0 Å². The molecule has 3 aromatic rings. The highest BCUT2D eigenvalue weighted by Crippen LogP contribution is 2.33. The minimum Gasteiger partial charge on any atom is -0.314 e. The van der Waals surface area contributed by atoms with Gasteiger partial charge in [0.05, 0.1) is 5.69 Å². The summed E-state index contributed by atoms with van der Waals surface area (Å²) in [5.41, 5.74) is 0.970. The number of benzene rings is 1. The van der Waals surface area contributed by atoms with E-state index in [1.807, 2.05) is 23.0 Å². The van der Waals surface area contributed by atoms with Gasteiger partial charge in [-0.25, -0.2) is 13.8 Å². The summed E-state index contributed by atoms with van der Waals surface area (Å²) in [6.45, 7) is 0.628. The molecule has 3 nitrogen and oxygen atoms in total. The van der Waals surface area contributed by atoms with Crippen LogP contribution in [0, 0.1) is 11.6 Å². The molecule has 0 atom stereocenters. The third kappa shape index (κ3) is 2.44. The number of halogens is 2. The smallest absolute Gasteiger partial charge is 0.194 e. The summed E-state index contributed by atoms with van der Waals surface area (Å²) in [7, 11) is 1.85. The summed E-state index contributed by atoms with van der Waals surface area (Å²) in [5.74, 6) is -1.14. The number of nitrogens with zero attached hydrogens (tertiary/aromatic N) is 2. The first-order chi connectivity index (χ1) is 9.69. The monoisotopic (exact) mass is 311 g/mol. The Bertz CT molecular complexity index is 751. The van der Waals surface area contributed by atoms with Crippen molar-refractivity contribution in [2.45, 2.75) is 16.5 Å².